The molecule has 16 N–H and O–H groups in total. The average Bonchev–Trinajstić information content (AvgIpc) is 3.30. The minimum atomic E-state index is -1.89. The highest BCUT2D eigenvalue weighted by Gasteiger charge is 2.38. The van der Waals surface area contributed by atoms with Gasteiger partial charge in [0.15, 0.2) is 0 Å². The van der Waals surface area contributed by atoms with E-state index in [1.807, 2.05) is 0 Å². The number of rotatable bonds is 32. The number of phenolic OH excluding ortho intramolecular Hbond substituents is 1. The number of aliphatic hydroxyl groups is 2. The van der Waals surface area contributed by atoms with Crippen molar-refractivity contribution < 1.29 is 83.1 Å². The second-order valence-electron chi connectivity index (χ2n) is 18.0. The lowest BCUT2D eigenvalue weighted by atomic mass is 9.94. The predicted molar refractivity (Wildman–Crippen MR) is 257 cm³/mol. The lowest BCUT2D eigenvalue weighted by molar-refractivity contribution is -0.144. The first kappa shape index (κ1) is 63.6. The van der Waals surface area contributed by atoms with Crippen LogP contribution in [0.15, 0.2) is 24.3 Å². The maximum Gasteiger partial charge on any atom is 0.326 e. The van der Waals surface area contributed by atoms with Crippen molar-refractivity contribution >= 4 is 71.0 Å². The van der Waals surface area contributed by atoms with Gasteiger partial charge in [0.05, 0.1) is 32.1 Å². The van der Waals surface area contributed by atoms with Crippen LogP contribution in [0.25, 0.3) is 0 Å². The summed E-state index contributed by atoms with van der Waals surface area (Å²) >= 11 is 0. The van der Waals surface area contributed by atoms with Gasteiger partial charge in [-0.05, 0) is 48.8 Å². The van der Waals surface area contributed by atoms with Gasteiger partial charge in [0.2, 0.25) is 59.1 Å². The Morgan fingerprint density at radius 3 is 1.45 bits per heavy atom. The van der Waals surface area contributed by atoms with Crippen LogP contribution in [0.4, 0.5) is 0 Å². The first-order valence-corrected chi connectivity index (χ1v) is 23.5. The van der Waals surface area contributed by atoms with E-state index in [0.29, 0.717) is 5.56 Å². The van der Waals surface area contributed by atoms with Crippen LogP contribution in [0.1, 0.15) is 93.1 Å². The fourth-order valence-electron chi connectivity index (χ4n) is 6.89. The molecule has 0 unspecified atom stereocenters. The monoisotopic (exact) mass is 1040 g/mol. The topological polar surface area (TPSA) is 440 Å². The Bertz CT molecular complexity index is 2120. The third-order valence-corrected chi connectivity index (χ3v) is 11.3. The normalized spacial score (nSPS) is 15.5. The van der Waals surface area contributed by atoms with E-state index in [4.69, 9.17) is 5.73 Å². The van der Waals surface area contributed by atoms with Gasteiger partial charge < -0.3 is 79.1 Å². The number of hydrogen-bond donors (Lipinski definition) is 15. The molecule has 1 rings (SSSR count). The number of phenols is 1. The summed E-state index contributed by atoms with van der Waals surface area (Å²) in [4.78, 5) is 155. The standard InChI is InChI=1S/C46H72N10O17/c1-9-22(5)36(43(69)51-29(17-33(47)61)41(67)50-30(18-35(63)64)42(68)52-31(46(72)73)15-21(3)4)55-44(70)37(23(6)10-2)56-45(71)38(24(7)58)54-34(62)19-48-39(65)32(20-57)53-40(66)28(49-25(8)59)16-26-11-13-27(60)14-12-26/h11-14,21-24,28-32,36-38,57-58,60H,9-10,15-20H2,1-8H3,(H2,47,61)(H,48,65)(H,49,59)(H,50,67)(H,51,69)(H,52,68)(H,53,66)(H,54,62)(H,55,70)(H,56,71)(H,63,64)(H,72,73)/t22-,23-,24-,28+,29+,30+,31+,32+,36+,37+,38+/m1/s1. The summed E-state index contributed by atoms with van der Waals surface area (Å²) < 4.78 is 0. The average molecular weight is 1040 g/mol. The Morgan fingerprint density at radius 2 is 1.01 bits per heavy atom. The largest absolute Gasteiger partial charge is 0.508 e. The van der Waals surface area contributed by atoms with Gasteiger partial charge in [0.25, 0.3) is 0 Å². The van der Waals surface area contributed by atoms with E-state index < -0.39 is 163 Å². The van der Waals surface area contributed by atoms with E-state index in [-0.39, 0.29) is 37.4 Å². The van der Waals surface area contributed by atoms with Crippen LogP contribution >= 0.6 is 0 Å². The number of primary amides is 1. The summed E-state index contributed by atoms with van der Waals surface area (Å²) in [6.07, 6.45) is -3.17. The molecule has 0 fully saturated rings. The predicted octanol–water partition coefficient (Wildman–Crippen LogP) is -4.10. The number of carbonyl (C=O) groups excluding carboxylic acids is 10. The second-order valence-corrected chi connectivity index (χ2v) is 18.0. The molecule has 27 nitrogen and oxygen atoms in total. The van der Waals surface area contributed by atoms with Gasteiger partial charge in [-0.3, -0.25) is 52.7 Å². The van der Waals surface area contributed by atoms with Crippen LogP contribution in [0.3, 0.4) is 0 Å². The maximum absolute atomic E-state index is 14.0. The Morgan fingerprint density at radius 1 is 0.562 bits per heavy atom. The molecule has 0 aromatic heterocycles. The third kappa shape index (κ3) is 22.7. The summed E-state index contributed by atoms with van der Waals surface area (Å²) in [6, 6.07) is -7.01. The number of aliphatic hydroxyl groups excluding tert-OH is 2. The molecular weight excluding hydrogens is 965 g/mol. The first-order chi connectivity index (χ1) is 34.0. The van der Waals surface area contributed by atoms with Gasteiger partial charge in [0.1, 0.15) is 54.1 Å². The van der Waals surface area contributed by atoms with E-state index in [2.05, 4.69) is 47.9 Å². The van der Waals surface area contributed by atoms with E-state index in [0.717, 1.165) is 13.8 Å². The van der Waals surface area contributed by atoms with Gasteiger partial charge in [-0.1, -0.05) is 66.5 Å². The minimum Gasteiger partial charge on any atom is -0.508 e. The molecule has 0 bridgehead atoms. The molecule has 11 atom stereocenters. The van der Waals surface area contributed by atoms with Gasteiger partial charge in [0, 0.05) is 13.3 Å². The van der Waals surface area contributed by atoms with Crippen molar-refractivity contribution in [2.75, 3.05) is 13.2 Å². The van der Waals surface area contributed by atoms with Crippen LogP contribution in [0.2, 0.25) is 0 Å². The van der Waals surface area contributed by atoms with Gasteiger partial charge in [-0.2, -0.15) is 0 Å². The van der Waals surface area contributed by atoms with Crippen molar-refractivity contribution in [2.24, 2.45) is 23.5 Å². The molecule has 0 saturated heterocycles. The number of carboxylic acids is 2. The minimum absolute atomic E-state index is 0.0419. The molecule has 0 aliphatic carbocycles. The molecule has 27 heteroatoms. The number of hydrogen-bond acceptors (Lipinski definition) is 15. The van der Waals surface area contributed by atoms with Crippen molar-refractivity contribution in [1.29, 1.82) is 0 Å². The van der Waals surface area contributed by atoms with Crippen molar-refractivity contribution in [3.8, 4) is 5.75 Å². The molecule has 408 valence electrons. The van der Waals surface area contributed by atoms with Crippen molar-refractivity contribution in [3.05, 3.63) is 29.8 Å². The fraction of sp³-hybridized carbons (Fsp3) is 0.609. The summed E-state index contributed by atoms with van der Waals surface area (Å²) in [5.41, 5.74) is 5.90. The smallest absolute Gasteiger partial charge is 0.326 e. The Balaban J connectivity index is 3.24. The van der Waals surface area contributed by atoms with E-state index in [1.165, 1.54) is 24.3 Å². The fourth-order valence-corrected chi connectivity index (χ4v) is 6.89. The number of aromatic hydroxyl groups is 1. The van der Waals surface area contributed by atoms with E-state index in [9.17, 15) is 83.1 Å². The molecule has 0 aliphatic rings. The molecular formula is C46H72N10O17. The molecule has 0 aliphatic heterocycles. The molecule has 1 aromatic carbocycles. The molecule has 10 amide bonds. The molecule has 0 radical (unpaired) electrons. The van der Waals surface area contributed by atoms with Crippen LogP contribution in [0, 0.1) is 17.8 Å². The third-order valence-electron chi connectivity index (χ3n) is 11.3. The van der Waals surface area contributed by atoms with E-state index in [1.54, 1.807) is 41.5 Å². The van der Waals surface area contributed by atoms with Gasteiger partial charge in [-0.25, -0.2) is 4.79 Å². The highest BCUT2D eigenvalue weighted by Crippen LogP contribution is 2.15. The highest BCUT2D eigenvalue weighted by molar-refractivity contribution is 5.99. The van der Waals surface area contributed by atoms with Crippen LogP contribution < -0.4 is 53.6 Å². The van der Waals surface area contributed by atoms with Crippen LogP contribution in [-0.4, -0.2) is 164 Å². The number of benzene rings is 1. The molecule has 0 saturated carbocycles. The van der Waals surface area contributed by atoms with E-state index >= 15 is 0 Å². The van der Waals surface area contributed by atoms with Crippen molar-refractivity contribution in [1.82, 2.24) is 47.9 Å². The highest BCUT2D eigenvalue weighted by atomic mass is 16.4. The molecule has 0 heterocycles. The Labute approximate surface area is 421 Å². The number of carbonyl (C=O) groups is 12. The SMILES string of the molecule is CC[C@@H](C)[C@H](NC(=O)[C@@H](NC(=O)[C@@H](NC(=O)CNC(=O)[C@H](CO)NC(=O)[C@H](Cc1ccc(O)cc1)NC(C)=O)[C@@H](C)O)[C@H](C)CC)C(=O)N[C@@H](CC(N)=O)C(=O)N[C@@H](CC(=O)O)C(=O)N[C@@H](CC(C)C)C(=O)O. The first-order valence-electron chi connectivity index (χ1n) is 23.5. The van der Waals surface area contributed by atoms with Crippen molar-refractivity contribution in [2.45, 2.75) is 148 Å². The summed E-state index contributed by atoms with van der Waals surface area (Å²) in [5.74, 6) is -14.9. The quantitative estimate of drug-likeness (QED) is 0.0326. The number of aliphatic carboxylic acids is 2. The zero-order valence-corrected chi connectivity index (χ0v) is 42.1. The second kappa shape index (κ2) is 31.1. The van der Waals surface area contributed by atoms with Crippen LogP contribution in [0.5, 0.6) is 5.75 Å². The lowest BCUT2D eigenvalue weighted by Crippen LogP contribution is -2.62. The lowest BCUT2D eigenvalue weighted by Gasteiger charge is -2.31. The Hall–Kier alpha value is -7.42. The zero-order chi connectivity index (χ0) is 55.9. The maximum atomic E-state index is 14.0. The molecule has 73 heavy (non-hydrogen) atoms. The number of amides is 10. The number of carboxylic acid groups (broad SMARTS) is 2. The van der Waals surface area contributed by atoms with Gasteiger partial charge >= 0.3 is 11.9 Å². The summed E-state index contributed by atoms with van der Waals surface area (Å²) in [6.45, 7) is 10.3. The molecule has 1 aromatic rings. The van der Waals surface area contributed by atoms with Gasteiger partial charge in [-0.15, -0.1) is 0 Å². The summed E-state index contributed by atoms with van der Waals surface area (Å²) in [5, 5.41) is 69.9. The Kier molecular flexibility index (Phi) is 27.1. The zero-order valence-electron chi connectivity index (χ0n) is 42.1. The van der Waals surface area contributed by atoms with Crippen molar-refractivity contribution in [3.63, 3.8) is 0 Å². The molecule has 0 spiro atoms. The number of nitrogens with one attached hydrogen (secondary N) is 9. The van der Waals surface area contributed by atoms with Crippen LogP contribution in [-0.2, 0) is 64.0 Å². The number of nitrogens with two attached hydrogens (primary N) is 1. The summed E-state index contributed by atoms with van der Waals surface area (Å²) in [7, 11) is 0.